The average molecular weight is 472 g/mol. The lowest BCUT2D eigenvalue weighted by atomic mass is 9.94. The molecule has 4 rings (SSSR count). The van der Waals surface area contributed by atoms with Crippen molar-refractivity contribution in [3.05, 3.63) is 70.9 Å². The van der Waals surface area contributed by atoms with Crippen LogP contribution >= 0.6 is 11.8 Å². The Kier molecular flexibility index (Phi) is 6.30. The fraction of sp³-hybridized carbons (Fsp3) is 0.304. The van der Waals surface area contributed by atoms with E-state index in [0.717, 1.165) is 35.0 Å². The number of sulfonamides is 1. The largest absolute Gasteiger partial charge is 0.466 e. The molecule has 0 bridgehead atoms. The summed E-state index contributed by atoms with van der Waals surface area (Å²) in [7, 11) is -2.38. The van der Waals surface area contributed by atoms with Gasteiger partial charge in [0.15, 0.2) is 5.17 Å². The minimum absolute atomic E-state index is 0.194. The van der Waals surface area contributed by atoms with E-state index < -0.39 is 22.0 Å². The molecule has 7 nitrogen and oxygen atoms in total. The molecule has 2 aliphatic rings. The van der Waals surface area contributed by atoms with Gasteiger partial charge in [-0.15, -0.1) is 0 Å². The minimum atomic E-state index is -3.74. The van der Waals surface area contributed by atoms with Gasteiger partial charge in [-0.3, -0.25) is 4.72 Å². The zero-order valence-electron chi connectivity index (χ0n) is 18.2. The van der Waals surface area contributed by atoms with E-state index in [0.29, 0.717) is 17.0 Å². The van der Waals surface area contributed by atoms with Gasteiger partial charge in [0.1, 0.15) is 0 Å². The van der Waals surface area contributed by atoms with Crippen LogP contribution in [0.5, 0.6) is 0 Å². The minimum Gasteiger partial charge on any atom is -0.466 e. The third-order valence-electron chi connectivity index (χ3n) is 5.45. The number of amidine groups is 1. The van der Waals surface area contributed by atoms with Crippen molar-refractivity contribution in [1.29, 1.82) is 0 Å². The Hall–Kier alpha value is -2.78. The molecule has 2 aliphatic heterocycles. The summed E-state index contributed by atoms with van der Waals surface area (Å²) in [5.74, 6) is 0.538. The van der Waals surface area contributed by atoms with Crippen molar-refractivity contribution in [3.8, 4) is 0 Å². The van der Waals surface area contributed by atoms with E-state index in [-0.39, 0.29) is 4.90 Å². The van der Waals surface area contributed by atoms with Crippen molar-refractivity contribution in [3.63, 3.8) is 0 Å². The number of carbonyl (C=O) groups excluding carboxylic acids is 1. The Morgan fingerprint density at radius 2 is 1.94 bits per heavy atom. The van der Waals surface area contributed by atoms with Crippen molar-refractivity contribution in [2.24, 2.45) is 4.99 Å². The third kappa shape index (κ3) is 4.40. The number of ether oxygens (including phenoxy) is 1. The molecule has 2 aromatic rings. The molecule has 0 saturated carbocycles. The highest BCUT2D eigenvalue weighted by Crippen LogP contribution is 2.40. The normalized spacial score (nSPS) is 18.7. The first kappa shape index (κ1) is 22.4. The highest BCUT2D eigenvalue weighted by Gasteiger charge is 2.37. The number of aliphatic imine (C=N–C) groups is 1. The average Bonchev–Trinajstić information content (AvgIpc) is 2.78. The predicted octanol–water partition coefficient (Wildman–Crippen LogP) is 4.09. The van der Waals surface area contributed by atoms with Gasteiger partial charge in [0.25, 0.3) is 10.0 Å². The molecule has 0 amide bonds. The number of thioether (sulfide) groups is 1. The second kappa shape index (κ2) is 8.99. The number of methoxy groups -OCH3 is 1. The second-order valence-corrected chi connectivity index (χ2v) is 10.5. The Morgan fingerprint density at radius 1 is 1.19 bits per heavy atom. The number of anilines is 1. The lowest BCUT2D eigenvalue weighted by Gasteiger charge is -2.40. The van der Waals surface area contributed by atoms with Crippen LogP contribution in [0.15, 0.2) is 69.7 Å². The number of esters is 1. The molecule has 2 aromatic carbocycles. The Bertz CT molecular complexity index is 1200. The summed E-state index contributed by atoms with van der Waals surface area (Å²) >= 11 is 1.66. The summed E-state index contributed by atoms with van der Waals surface area (Å²) in [4.78, 5) is 19.6. The Labute approximate surface area is 192 Å². The van der Waals surface area contributed by atoms with Crippen LogP contribution in [-0.4, -0.2) is 43.9 Å². The summed E-state index contributed by atoms with van der Waals surface area (Å²) in [5, 5.41) is 0.872. The van der Waals surface area contributed by atoms with Gasteiger partial charge in [-0.05, 0) is 50.1 Å². The fourth-order valence-corrected chi connectivity index (χ4v) is 5.96. The first-order valence-electron chi connectivity index (χ1n) is 10.3. The van der Waals surface area contributed by atoms with Gasteiger partial charge in [0, 0.05) is 18.0 Å². The molecule has 2 heterocycles. The molecular formula is C23H25N3O4S2. The van der Waals surface area contributed by atoms with Gasteiger partial charge in [-0.2, -0.15) is 0 Å². The van der Waals surface area contributed by atoms with Crippen LogP contribution in [0, 0.1) is 6.92 Å². The molecule has 9 heteroatoms. The van der Waals surface area contributed by atoms with Crippen molar-refractivity contribution >= 4 is 38.6 Å². The third-order valence-corrected chi connectivity index (χ3v) is 7.92. The molecule has 32 heavy (non-hydrogen) atoms. The van der Waals surface area contributed by atoms with E-state index in [1.165, 1.54) is 7.11 Å². The molecule has 1 N–H and O–H groups in total. The Morgan fingerprint density at radius 3 is 2.66 bits per heavy atom. The van der Waals surface area contributed by atoms with E-state index in [4.69, 9.17) is 4.74 Å². The maximum atomic E-state index is 12.9. The highest BCUT2D eigenvalue weighted by molar-refractivity contribution is 8.13. The van der Waals surface area contributed by atoms with E-state index in [1.54, 1.807) is 54.2 Å². The maximum Gasteiger partial charge on any atom is 0.338 e. The van der Waals surface area contributed by atoms with Crippen LogP contribution in [0.4, 0.5) is 5.69 Å². The van der Waals surface area contributed by atoms with E-state index in [1.807, 2.05) is 19.9 Å². The molecule has 1 fully saturated rings. The van der Waals surface area contributed by atoms with Gasteiger partial charge in [-0.25, -0.2) is 18.2 Å². The van der Waals surface area contributed by atoms with Crippen LogP contribution in [0.3, 0.4) is 0 Å². The fourth-order valence-electron chi connectivity index (χ4n) is 3.89. The van der Waals surface area contributed by atoms with Gasteiger partial charge in [-0.1, -0.05) is 41.6 Å². The molecule has 1 atom stereocenters. The molecule has 168 valence electrons. The SMILES string of the molecule is COC(=O)C1=C(C)N=C2SCCCN2C1c1cccc(NS(=O)(=O)c2ccc(C)cc2)c1. The lowest BCUT2D eigenvalue weighted by molar-refractivity contribution is -0.136. The number of aryl methyl sites for hydroxylation is 1. The maximum absolute atomic E-state index is 12.9. The number of benzene rings is 2. The van der Waals surface area contributed by atoms with Crippen LogP contribution in [0.25, 0.3) is 0 Å². The van der Waals surface area contributed by atoms with Gasteiger partial charge in [0.2, 0.25) is 0 Å². The summed E-state index contributed by atoms with van der Waals surface area (Å²) in [6.45, 7) is 4.47. The first-order valence-corrected chi connectivity index (χ1v) is 12.7. The number of nitrogens with zero attached hydrogens (tertiary/aromatic N) is 2. The standard InChI is InChI=1S/C23H25N3O4S2/c1-15-8-10-19(11-9-15)32(28,29)25-18-7-4-6-17(14-18)21-20(22(27)30-3)16(2)24-23-26(21)12-5-13-31-23/h4,6-11,14,21,25H,5,12-13H2,1-3H3. The molecule has 1 unspecified atom stereocenters. The zero-order chi connectivity index (χ0) is 22.9. The monoisotopic (exact) mass is 471 g/mol. The zero-order valence-corrected chi connectivity index (χ0v) is 19.8. The van der Waals surface area contributed by atoms with Crippen LogP contribution < -0.4 is 4.72 Å². The lowest BCUT2D eigenvalue weighted by Crippen LogP contribution is -2.42. The van der Waals surface area contributed by atoms with Crippen LogP contribution in [-0.2, 0) is 19.6 Å². The molecule has 1 saturated heterocycles. The van der Waals surface area contributed by atoms with Crippen LogP contribution in [0.2, 0.25) is 0 Å². The van der Waals surface area contributed by atoms with Gasteiger partial charge >= 0.3 is 5.97 Å². The number of rotatable bonds is 5. The smallest absolute Gasteiger partial charge is 0.338 e. The summed E-state index contributed by atoms with van der Waals surface area (Å²) in [6.07, 6.45) is 0.966. The van der Waals surface area contributed by atoms with Crippen molar-refractivity contribution < 1.29 is 17.9 Å². The molecule has 0 spiro atoms. The molecule has 0 aromatic heterocycles. The van der Waals surface area contributed by atoms with Crippen molar-refractivity contribution in [1.82, 2.24) is 4.90 Å². The highest BCUT2D eigenvalue weighted by atomic mass is 32.2. The number of carbonyl (C=O) groups is 1. The van der Waals surface area contributed by atoms with Crippen molar-refractivity contribution in [2.45, 2.75) is 31.2 Å². The quantitative estimate of drug-likeness (QED) is 0.661. The predicted molar refractivity (Wildman–Crippen MR) is 127 cm³/mol. The number of allylic oxidation sites excluding steroid dienone is 1. The second-order valence-electron chi connectivity index (χ2n) is 7.73. The number of hydrogen-bond donors (Lipinski definition) is 1. The van der Waals surface area contributed by atoms with Gasteiger partial charge < -0.3 is 9.64 Å². The summed E-state index contributed by atoms with van der Waals surface area (Å²) in [5.41, 5.74) is 3.30. The molecule has 0 radical (unpaired) electrons. The number of fused-ring (bicyclic) bond motifs is 1. The van der Waals surface area contributed by atoms with Crippen LogP contribution in [0.1, 0.15) is 30.5 Å². The summed E-state index contributed by atoms with van der Waals surface area (Å²) < 4.78 is 33.5. The Balaban J connectivity index is 1.71. The molecule has 0 aliphatic carbocycles. The summed E-state index contributed by atoms with van der Waals surface area (Å²) in [6, 6.07) is 13.4. The van der Waals surface area contributed by atoms with E-state index >= 15 is 0 Å². The van der Waals surface area contributed by atoms with E-state index in [9.17, 15) is 13.2 Å². The molecular weight excluding hydrogens is 446 g/mol. The first-order chi connectivity index (χ1) is 15.3. The van der Waals surface area contributed by atoms with Crippen molar-refractivity contribution in [2.75, 3.05) is 24.1 Å². The number of hydrogen-bond acceptors (Lipinski definition) is 7. The van der Waals surface area contributed by atoms with Gasteiger partial charge in [0.05, 0.1) is 29.3 Å². The number of nitrogens with one attached hydrogen (secondary N) is 1. The topological polar surface area (TPSA) is 88.1 Å². The van der Waals surface area contributed by atoms with E-state index in [2.05, 4.69) is 14.6 Å².